The summed E-state index contributed by atoms with van der Waals surface area (Å²) in [6.45, 7) is 0. The minimum absolute atomic E-state index is 0.543. The van der Waals surface area contributed by atoms with Gasteiger partial charge in [0, 0.05) is 15.5 Å². The smallest absolute Gasteiger partial charge is 0.148 e. The largest absolute Gasteiger partial charge is 0.339 e. The van der Waals surface area contributed by atoms with E-state index in [1.807, 2.05) is 24.3 Å². The van der Waals surface area contributed by atoms with Crippen LogP contribution in [0.25, 0.3) is 0 Å². The maximum absolute atomic E-state index is 8.92. The number of nitrogens with zero attached hydrogens (tertiary/aromatic N) is 2. The first kappa shape index (κ1) is 10.9. The Kier molecular flexibility index (Phi) is 3.37. The Morgan fingerprint density at radius 3 is 2.88 bits per heavy atom. The van der Waals surface area contributed by atoms with Crippen molar-refractivity contribution in [3.8, 4) is 6.07 Å². The molecule has 0 bridgehead atoms. The highest BCUT2D eigenvalue weighted by molar-refractivity contribution is 14.1. The number of pyridine rings is 1. The third kappa shape index (κ3) is 2.49. The van der Waals surface area contributed by atoms with Gasteiger partial charge in [-0.05, 0) is 52.9 Å². The van der Waals surface area contributed by atoms with E-state index >= 15 is 0 Å². The number of nitrogens with one attached hydrogen (secondary N) is 1. The van der Waals surface area contributed by atoms with Crippen molar-refractivity contribution in [1.29, 1.82) is 5.26 Å². The summed E-state index contributed by atoms with van der Waals surface area (Å²) in [6, 6.07) is 13.5. The quantitative estimate of drug-likeness (QED) is 0.864. The van der Waals surface area contributed by atoms with E-state index in [1.165, 1.54) is 0 Å². The highest BCUT2D eigenvalue weighted by Crippen LogP contribution is 2.19. The van der Waals surface area contributed by atoms with Gasteiger partial charge in [-0.25, -0.2) is 4.98 Å². The second kappa shape index (κ2) is 4.94. The Morgan fingerprint density at radius 2 is 2.12 bits per heavy atom. The van der Waals surface area contributed by atoms with Crippen LogP contribution < -0.4 is 5.32 Å². The second-order valence-corrected chi connectivity index (χ2v) is 4.39. The fourth-order valence-corrected chi connectivity index (χ4v) is 1.84. The monoisotopic (exact) mass is 321 g/mol. The maximum atomic E-state index is 8.92. The number of nitriles is 1. The summed E-state index contributed by atoms with van der Waals surface area (Å²) in [5.74, 6) is 0.590. The van der Waals surface area contributed by atoms with Gasteiger partial charge >= 0.3 is 0 Å². The van der Waals surface area contributed by atoms with Gasteiger partial charge in [-0.15, -0.1) is 0 Å². The maximum Gasteiger partial charge on any atom is 0.148 e. The first-order chi connectivity index (χ1) is 7.79. The van der Waals surface area contributed by atoms with E-state index in [9.17, 15) is 0 Å². The van der Waals surface area contributed by atoms with E-state index in [1.54, 1.807) is 18.3 Å². The normalized spacial score (nSPS) is 9.50. The van der Waals surface area contributed by atoms with Crippen LogP contribution in [0.4, 0.5) is 11.5 Å². The minimum atomic E-state index is 0.543. The van der Waals surface area contributed by atoms with Crippen LogP contribution in [0, 0.1) is 14.9 Å². The molecule has 0 aliphatic heterocycles. The summed E-state index contributed by atoms with van der Waals surface area (Å²) < 4.78 is 1.14. The number of hydrogen-bond donors (Lipinski definition) is 1. The molecule has 16 heavy (non-hydrogen) atoms. The predicted molar refractivity (Wildman–Crippen MR) is 71.4 cm³/mol. The summed E-state index contributed by atoms with van der Waals surface area (Å²) in [4.78, 5) is 4.14. The molecule has 0 saturated heterocycles. The summed E-state index contributed by atoms with van der Waals surface area (Å²) >= 11 is 2.24. The van der Waals surface area contributed by atoms with Gasteiger partial charge < -0.3 is 5.32 Å². The predicted octanol–water partition coefficient (Wildman–Crippen LogP) is 3.30. The van der Waals surface area contributed by atoms with Crippen molar-refractivity contribution in [2.24, 2.45) is 0 Å². The zero-order valence-corrected chi connectivity index (χ0v) is 10.5. The lowest BCUT2D eigenvalue weighted by Gasteiger charge is -2.06. The average molecular weight is 321 g/mol. The van der Waals surface area contributed by atoms with Crippen molar-refractivity contribution in [3.05, 3.63) is 51.7 Å². The molecule has 1 aromatic carbocycles. The van der Waals surface area contributed by atoms with E-state index in [2.05, 4.69) is 39.0 Å². The minimum Gasteiger partial charge on any atom is -0.339 e. The van der Waals surface area contributed by atoms with Gasteiger partial charge in [-0.1, -0.05) is 6.07 Å². The molecule has 0 unspecified atom stereocenters. The molecule has 0 aliphatic carbocycles. The van der Waals surface area contributed by atoms with Crippen LogP contribution in [0.1, 0.15) is 5.56 Å². The summed E-state index contributed by atoms with van der Waals surface area (Å²) in [6.07, 6.45) is 1.66. The van der Waals surface area contributed by atoms with E-state index in [-0.39, 0.29) is 0 Å². The second-order valence-electron chi connectivity index (χ2n) is 3.15. The third-order valence-corrected chi connectivity index (χ3v) is 2.69. The van der Waals surface area contributed by atoms with Crippen molar-refractivity contribution in [1.82, 2.24) is 4.98 Å². The Labute approximate surface area is 107 Å². The van der Waals surface area contributed by atoms with Crippen molar-refractivity contribution in [2.45, 2.75) is 0 Å². The Hall–Kier alpha value is -1.61. The first-order valence-corrected chi connectivity index (χ1v) is 5.75. The zero-order valence-electron chi connectivity index (χ0n) is 8.31. The molecule has 0 atom stereocenters. The van der Waals surface area contributed by atoms with Crippen molar-refractivity contribution >= 4 is 34.1 Å². The van der Waals surface area contributed by atoms with E-state index in [4.69, 9.17) is 5.26 Å². The van der Waals surface area contributed by atoms with Crippen LogP contribution in [0.5, 0.6) is 0 Å². The molecule has 0 spiro atoms. The molecule has 0 saturated carbocycles. The molecule has 0 radical (unpaired) electrons. The molecular formula is C12H8IN3. The zero-order chi connectivity index (χ0) is 11.4. The van der Waals surface area contributed by atoms with Gasteiger partial charge in [0.1, 0.15) is 11.9 Å². The number of benzene rings is 1. The van der Waals surface area contributed by atoms with Crippen LogP contribution in [0.3, 0.4) is 0 Å². The van der Waals surface area contributed by atoms with E-state index in [0.717, 1.165) is 9.26 Å². The fourth-order valence-electron chi connectivity index (χ4n) is 1.30. The number of anilines is 2. The lowest BCUT2D eigenvalue weighted by atomic mass is 10.2. The van der Waals surface area contributed by atoms with Crippen LogP contribution in [-0.2, 0) is 0 Å². The van der Waals surface area contributed by atoms with E-state index in [0.29, 0.717) is 11.4 Å². The Bertz CT molecular complexity index is 546. The SMILES string of the molecule is N#Cc1cccnc1Nc1cccc(I)c1. The molecule has 1 heterocycles. The van der Waals surface area contributed by atoms with Gasteiger partial charge in [0.05, 0.1) is 5.56 Å². The van der Waals surface area contributed by atoms with Crippen molar-refractivity contribution in [2.75, 3.05) is 5.32 Å². The van der Waals surface area contributed by atoms with Crippen LogP contribution >= 0.6 is 22.6 Å². The molecule has 2 rings (SSSR count). The van der Waals surface area contributed by atoms with Gasteiger partial charge in [0.25, 0.3) is 0 Å². The van der Waals surface area contributed by atoms with Gasteiger partial charge in [0.2, 0.25) is 0 Å². The van der Waals surface area contributed by atoms with Crippen molar-refractivity contribution in [3.63, 3.8) is 0 Å². The van der Waals surface area contributed by atoms with Crippen LogP contribution in [-0.4, -0.2) is 4.98 Å². The van der Waals surface area contributed by atoms with Gasteiger partial charge in [0.15, 0.2) is 0 Å². The molecule has 1 aromatic heterocycles. The van der Waals surface area contributed by atoms with Crippen molar-refractivity contribution < 1.29 is 0 Å². The third-order valence-electron chi connectivity index (χ3n) is 2.02. The van der Waals surface area contributed by atoms with Gasteiger partial charge in [-0.3, -0.25) is 0 Å². The molecule has 4 heteroatoms. The lowest BCUT2D eigenvalue weighted by Crippen LogP contribution is -1.96. The summed E-state index contributed by atoms with van der Waals surface area (Å²) in [7, 11) is 0. The molecule has 0 fully saturated rings. The lowest BCUT2D eigenvalue weighted by molar-refractivity contribution is 1.28. The molecule has 78 valence electrons. The molecule has 2 aromatic rings. The fraction of sp³-hybridized carbons (Fsp3) is 0. The Morgan fingerprint density at radius 1 is 1.25 bits per heavy atom. The number of aromatic nitrogens is 1. The topological polar surface area (TPSA) is 48.7 Å². The molecule has 0 aliphatic rings. The summed E-state index contributed by atoms with van der Waals surface area (Å²) in [5.41, 5.74) is 1.48. The number of hydrogen-bond acceptors (Lipinski definition) is 3. The molecule has 3 nitrogen and oxygen atoms in total. The van der Waals surface area contributed by atoms with Crippen LogP contribution in [0.2, 0.25) is 0 Å². The highest BCUT2D eigenvalue weighted by Gasteiger charge is 2.02. The highest BCUT2D eigenvalue weighted by atomic mass is 127. The molecule has 0 amide bonds. The molecular weight excluding hydrogens is 313 g/mol. The van der Waals surface area contributed by atoms with Crippen LogP contribution in [0.15, 0.2) is 42.6 Å². The number of halogens is 1. The number of rotatable bonds is 2. The Balaban J connectivity index is 2.31. The average Bonchev–Trinajstić information content (AvgIpc) is 2.30. The standard InChI is InChI=1S/C12H8IN3/c13-10-4-1-5-11(7-10)16-12-9(8-14)3-2-6-15-12/h1-7H,(H,15,16). The summed E-state index contributed by atoms with van der Waals surface area (Å²) in [5, 5.41) is 12.0. The molecule has 1 N–H and O–H groups in total. The van der Waals surface area contributed by atoms with Gasteiger partial charge in [-0.2, -0.15) is 5.26 Å². The first-order valence-electron chi connectivity index (χ1n) is 4.67. The van der Waals surface area contributed by atoms with E-state index < -0.39 is 0 Å².